The predicted molar refractivity (Wildman–Crippen MR) is 75.7 cm³/mol. The van der Waals surface area contributed by atoms with Crippen LogP contribution in [-0.2, 0) is 9.53 Å². The smallest absolute Gasteiger partial charge is 0.333 e. The highest BCUT2D eigenvalue weighted by Crippen LogP contribution is 2.58. The minimum Gasteiger partial charge on any atom is -0.455 e. The van der Waals surface area contributed by atoms with Gasteiger partial charge in [0.1, 0.15) is 5.60 Å². The molecular weight excluding hydrogens is 236 g/mol. The quantitative estimate of drug-likeness (QED) is 0.549. The van der Waals surface area contributed by atoms with Gasteiger partial charge in [0, 0.05) is 11.5 Å². The fraction of sp³-hybridized carbons (Fsp3) is 0.824. The lowest BCUT2D eigenvalue weighted by Gasteiger charge is -2.41. The molecule has 3 saturated carbocycles. The van der Waals surface area contributed by atoms with E-state index in [0.29, 0.717) is 11.5 Å². The lowest BCUT2D eigenvalue weighted by Crippen LogP contribution is -2.43. The Morgan fingerprint density at radius 1 is 1.16 bits per heavy atom. The van der Waals surface area contributed by atoms with Gasteiger partial charge in [-0.3, -0.25) is 0 Å². The van der Waals surface area contributed by atoms with Gasteiger partial charge in [-0.15, -0.1) is 0 Å². The Morgan fingerprint density at radius 3 is 2.68 bits per heavy atom. The van der Waals surface area contributed by atoms with Crippen molar-refractivity contribution in [3.05, 3.63) is 12.2 Å². The highest BCUT2D eigenvalue weighted by molar-refractivity contribution is 5.87. The summed E-state index contributed by atoms with van der Waals surface area (Å²) in [5.74, 6) is 2.11. The highest BCUT2D eigenvalue weighted by atomic mass is 16.6. The molecule has 0 spiro atoms. The first-order valence-electron chi connectivity index (χ1n) is 8.01. The number of rotatable bonds is 2. The molecule has 0 aliphatic heterocycles. The van der Waals surface area contributed by atoms with E-state index >= 15 is 0 Å². The van der Waals surface area contributed by atoms with E-state index in [1.165, 1.54) is 44.9 Å². The summed E-state index contributed by atoms with van der Waals surface area (Å²) in [7, 11) is 0. The molecule has 3 aliphatic carbocycles. The summed E-state index contributed by atoms with van der Waals surface area (Å²) < 4.78 is 6.02. The van der Waals surface area contributed by atoms with E-state index in [1.807, 2.05) is 0 Å². The van der Waals surface area contributed by atoms with Crippen molar-refractivity contribution in [2.45, 2.75) is 70.3 Å². The van der Waals surface area contributed by atoms with E-state index in [9.17, 15) is 4.79 Å². The van der Waals surface area contributed by atoms with Crippen LogP contribution in [0.1, 0.15) is 64.7 Å². The minimum absolute atomic E-state index is 0.131. The summed E-state index contributed by atoms with van der Waals surface area (Å²) in [6, 6.07) is 0. The molecule has 4 atom stereocenters. The van der Waals surface area contributed by atoms with E-state index in [2.05, 4.69) is 6.58 Å². The molecule has 0 N–H and O–H groups in total. The van der Waals surface area contributed by atoms with E-state index < -0.39 is 0 Å². The average molecular weight is 262 g/mol. The van der Waals surface area contributed by atoms with Gasteiger partial charge in [0.25, 0.3) is 0 Å². The third kappa shape index (κ3) is 2.23. The molecule has 0 saturated heterocycles. The minimum atomic E-state index is -0.162. The van der Waals surface area contributed by atoms with Gasteiger partial charge < -0.3 is 4.74 Å². The van der Waals surface area contributed by atoms with Crippen LogP contribution in [0.15, 0.2) is 12.2 Å². The van der Waals surface area contributed by atoms with Gasteiger partial charge >= 0.3 is 5.97 Å². The van der Waals surface area contributed by atoms with Gasteiger partial charge in [-0.2, -0.15) is 0 Å². The van der Waals surface area contributed by atoms with Crippen molar-refractivity contribution in [1.29, 1.82) is 0 Å². The summed E-state index contributed by atoms with van der Waals surface area (Å²) in [4.78, 5) is 12.0. The topological polar surface area (TPSA) is 26.3 Å². The summed E-state index contributed by atoms with van der Waals surface area (Å²) in [6.45, 7) is 5.51. The first-order valence-corrected chi connectivity index (χ1v) is 8.01. The van der Waals surface area contributed by atoms with Crippen LogP contribution in [-0.4, -0.2) is 11.6 Å². The second-order valence-corrected chi connectivity index (χ2v) is 7.00. The average Bonchev–Trinajstić information content (AvgIpc) is 2.72. The molecule has 106 valence electrons. The van der Waals surface area contributed by atoms with Gasteiger partial charge in [0.15, 0.2) is 0 Å². The number of hydrogen-bond donors (Lipinski definition) is 0. The third-order valence-electron chi connectivity index (χ3n) is 5.78. The number of carbonyl (C=O) groups is 1. The largest absolute Gasteiger partial charge is 0.455 e. The van der Waals surface area contributed by atoms with Crippen molar-refractivity contribution in [3.8, 4) is 0 Å². The molecule has 0 heterocycles. The van der Waals surface area contributed by atoms with E-state index in [1.54, 1.807) is 6.92 Å². The van der Waals surface area contributed by atoms with Crippen molar-refractivity contribution >= 4 is 5.97 Å². The molecule has 4 unspecified atom stereocenters. The van der Waals surface area contributed by atoms with E-state index in [4.69, 9.17) is 4.74 Å². The summed E-state index contributed by atoms with van der Waals surface area (Å²) in [5, 5.41) is 0. The zero-order valence-electron chi connectivity index (χ0n) is 12.1. The number of hydrogen-bond acceptors (Lipinski definition) is 2. The Balaban J connectivity index is 1.83. The number of fused-ring (bicyclic) bond motifs is 3. The third-order valence-corrected chi connectivity index (χ3v) is 5.78. The molecule has 0 aromatic rings. The normalized spacial score (nSPS) is 41.2. The van der Waals surface area contributed by atoms with Crippen molar-refractivity contribution < 1.29 is 9.53 Å². The number of carbonyl (C=O) groups excluding carboxylic acids is 1. The van der Waals surface area contributed by atoms with Crippen molar-refractivity contribution in [3.63, 3.8) is 0 Å². The number of ether oxygens (including phenoxy) is 1. The molecule has 0 radical (unpaired) electrons. The van der Waals surface area contributed by atoms with Crippen LogP contribution in [0.4, 0.5) is 0 Å². The lowest BCUT2D eigenvalue weighted by atomic mass is 9.71. The van der Waals surface area contributed by atoms with Crippen LogP contribution < -0.4 is 0 Å². The maximum atomic E-state index is 12.0. The van der Waals surface area contributed by atoms with Crippen LogP contribution in [0.3, 0.4) is 0 Å². The van der Waals surface area contributed by atoms with Crippen molar-refractivity contribution in [2.75, 3.05) is 0 Å². The van der Waals surface area contributed by atoms with Crippen molar-refractivity contribution in [1.82, 2.24) is 0 Å². The van der Waals surface area contributed by atoms with E-state index in [0.717, 1.165) is 24.7 Å². The summed E-state index contributed by atoms with van der Waals surface area (Å²) >= 11 is 0. The first kappa shape index (κ1) is 13.2. The SMILES string of the molecule is C=C(C)C(=O)OC12CCCCC1C1CCCCC1C2. The molecule has 3 aliphatic rings. The number of esters is 1. The maximum Gasteiger partial charge on any atom is 0.333 e. The molecule has 0 bridgehead atoms. The molecule has 2 heteroatoms. The summed E-state index contributed by atoms with van der Waals surface area (Å²) in [6.07, 6.45) is 11.5. The summed E-state index contributed by atoms with van der Waals surface area (Å²) in [5.41, 5.74) is 0.419. The van der Waals surface area contributed by atoms with Gasteiger partial charge in [-0.05, 0) is 50.9 Å². The Labute approximate surface area is 116 Å². The molecule has 19 heavy (non-hydrogen) atoms. The standard InChI is InChI=1S/C17H26O2/c1-12(2)16(18)19-17-10-6-5-9-15(17)14-8-4-3-7-13(14)11-17/h13-15H,1,3-11H2,2H3. The molecule has 0 amide bonds. The van der Waals surface area contributed by atoms with Gasteiger partial charge in [-0.25, -0.2) is 4.79 Å². The second kappa shape index (κ2) is 4.96. The maximum absolute atomic E-state index is 12.0. The Bertz CT molecular complexity index is 387. The molecular formula is C17H26O2. The fourth-order valence-corrected chi connectivity index (χ4v) is 5.00. The lowest BCUT2D eigenvalue weighted by molar-refractivity contribution is -0.164. The van der Waals surface area contributed by atoms with Crippen LogP contribution in [0.25, 0.3) is 0 Å². The fourth-order valence-electron chi connectivity index (χ4n) is 5.00. The zero-order valence-corrected chi connectivity index (χ0v) is 12.1. The van der Waals surface area contributed by atoms with Gasteiger partial charge in [-0.1, -0.05) is 32.3 Å². The van der Waals surface area contributed by atoms with Gasteiger partial charge in [0.05, 0.1) is 0 Å². The molecule has 3 rings (SSSR count). The van der Waals surface area contributed by atoms with Crippen LogP contribution >= 0.6 is 0 Å². The Kier molecular flexibility index (Phi) is 3.44. The van der Waals surface area contributed by atoms with E-state index in [-0.39, 0.29) is 11.6 Å². The van der Waals surface area contributed by atoms with Crippen LogP contribution in [0.2, 0.25) is 0 Å². The first-order chi connectivity index (χ1) is 9.12. The highest BCUT2D eigenvalue weighted by Gasteiger charge is 2.56. The Hall–Kier alpha value is -0.790. The second-order valence-electron chi connectivity index (χ2n) is 7.00. The van der Waals surface area contributed by atoms with Crippen LogP contribution in [0.5, 0.6) is 0 Å². The molecule has 0 aromatic carbocycles. The molecule has 2 nitrogen and oxygen atoms in total. The van der Waals surface area contributed by atoms with Crippen LogP contribution in [0, 0.1) is 17.8 Å². The molecule has 0 aromatic heterocycles. The van der Waals surface area contributed by atoms with Crippen molar-refractivity contribution in [2.24, 2.45) is 17.8 Å². The molecule has 3 fully saturated rings. The van der Waals surface area contributed by atoms with Gasteiger partial charge in [0.2, 0.25) is 0 Å². The zero-order chi connectivity index (χ0) is 13.5. The Morgan fingerprint density at radius 2 is 1.89 bits per heavy atom. The predicted octanol–water partition coefficient (Wildman–Crippen LogP) is 4.24. The monoisotopic (exact) mass is 262 g/mol.